The van der Waals surface area contributed by atoms with E-state index in [4.69, 9.17) is 14.5 Å². The number of ether oxygens (including phenoxy) is 2. The molecule has 1 N–H and O–H groups in total. The van der Waals surface area contributed by atoms with Crippen LogP contribution in [0.2, 0.25) is 0 Å². The molecule has 152 valence electrons. The van der Waals surface area contributed by atoms with E-state index in [-0.39, 0.29) is 12.5 Å². The summed E-state index contributed by atoms with van der Waals surface area (Å²) in [6.45, 7) is 2.40. The molecule has 0 atom stereocenters. The second-order valence-corrected chi connectivity index (χ2v) is 7.73. The molecule has 4 rings (SSSR count). The summed E-state index contributed by atoms with van der Waals surface area (Å²) in [6, 6.07) is 18.2. The summed E-state index contributed by atoms with van der Waals surface area (Å²) in [4.78, 5) is 16.4. The van der Waals surface area contributed by atoms with Gasteiger partial charge in [-0.05, 0) is 42.1 Å². The maximum atomic E-state index is 11.6. The lowest BCUT2D eigenvalue weighted by Crippen LogP contribution is -2.28. The molecule has 0 aliphatic rings. The van der Waals surface area contributed by atoms with Gasteiger partial charge in [0.05, 0.1) is 17.3 Å². The highest BCUT2D eigenvalue weighted by Crippen LogP contribution is 2.31. The Kier molecular flexibility index (Phi) is 5.95. The molecule has 1 heterocycles. The lowest BCUT2D eigenvalue weighted by atomic mass is 10.1. The third kappa shape index (κ3) is 4.28. The zero-order valence-corrected chi connectivity index (χ0v) is 17.7. The average Bonchev–Trinajstić information content (AvgIpc) is 3.20. The molecule has 0 bridgehead atoms. The van der Waals surface area contributed by atoms with E-state index in [1.54, 1.807) is 18.4 Å². The van der Waals surface area contributed by atoms with Crippen LogP contribution in [0.5, 0.6) is 11.5 Å². The Morgan fingerprint density at radius 3 is 2.80 bits per heavy atom. The van der Waals surface area contributed by atoms with Crippen LogP contribution in [0.4, 0.5) is 0 Å². The maximum absolute atomic E-state index is 11.6. The summed E-state index contributed by atoms with van der Waals surface area (Å²) < 4.78 is 12.2. The van der Waals surface area contributed by atoms with Crippen LogP contribution in [0.1, 0.15) is 17.5 Å². The van der Waals surface area contributed by atoms with Gasteiger partial charge in [0, 0.05) is 11.9 Å². The summed E-state index contributed by atoms with van der Waals surface area (Å²) in [5.74, 6) is 0.955. The summed E-state index contributed by atoms with van der Waals surface area (Å²) in [5.41, 5.74) is 1.99. The summed E-state index contributed by atoms with van der Waals surface area (Å²) in [6.07, 6.45) is 4.00. The van der Waals surface area contributed by atoms with Crippen molar-refractivity contribution < 1.29 is 14.3 Å². The molecule has 30 heavy (non-hydrogen) atoms. The highest BCUT2D eigenvalue weighted by atomic mass is 32.1. The van der Waals surface area contributed by atoms with E-state index >= 15 is 0 Å². The molecule has 0 saturated heterocycles. The van der Waals surface area contributed by atoms with Crippen LogP contribution in [0.3, 0.4) is 0 Å². The van der Waals surface area contributed by atoms with Crippen molar-refractivity contribution in [2.75, 3.05) is 20.3 Å². The zero-order valence-electron chi connectivity index (χ0n) is 16.8. The van der Waals surface area contributed by atoms with Crippen LogP contribution < -0.4 is 14.8 Å². The molecule has 6 heteroatoms. The second-order valence-electron chi connectivity index (χ2n) is 6.67. The smallest absolute Gasteiger partial charge is 0.257 e. The monoisotopic (exact) mass is 418 g/mol. The van der Waals surface area contributed by atoms with Crippen molar-refractivity contribution in [2.45, 2.75) is 6.92 Å². The lowest BCUT2D eigenvalue weighted by Gasteiger charge is -2.11. The third-order valence-corrected chi connectivity index (χ3v) is 5.62. The first-order valence-corrected chi connectivity index (χ1v) is 10.5. The van der Waals surface area contributed by atoms with Gasteiger partial charge in [-0.2, -0.15) is 0 Å². The fourth-order valence-corrected chi connectivity index (χ4v) is 4.10. The van der Waals surface area contributed by atoms with Crippen LogP contribution in [-0.4, -0.2) is 31.2 Å². The van der Waals surface area contributed by atoms with E-state index in [0.717, 1.165) is 16.1 Å². The molecule has 5 nitrogen and oxygen atoms in total. The molecule has 1 aromatic heterocycles. The van der Waals surface area contributed by atoms with Gasteiger partial charge in [-0.3, -0.25) is 4.79 Å². The number of carbonyl (C=O) groups is 1. The predicted molar refractivity (Wildman–Crippen MR) is 123 cm³/mol. The summed E-state index contributed by atoms with van der Waals surface area (Å²) >= 11 is 1.66. The van der Waals surface area contributed by atoms with E-state index in [9.17, 15) is 4.79 Å². The number of amides is 1. The Hall–Kier alpha value is -3.38. The van der Waals surface area contributed by atoms with E-state index in [0.29, 0.717) is 18.0 Å². The van der Waals surface area contributed by atoms with E-state index < -0.39 is 0 Å². The van der Waals surface area contributed by atoms with Crippen molar-refractivity contribution >= 4 is 50.4 Å². The van der Waals surface area contributed by atoms with Gasteiger partial charge in [-0.1, -0.05) is 42.5 Å². The first-order valence-electron chi connectivity index (χ1n) is 9.72. The number of hydrogen-bond donors (Lipinski definition) is 1. The van der Waals surface area contributed by atoms with Gasteiger partial charge >= 0.3 is 0 Å². The van der Waals surface area contributed by atoms with Crippen LogP contribution in [0, 0.1) is 0 Å². The topological polar surface area (TPSA) is 60.5 Å². The normalized spacial score (nSPS) is 11.3. The predicted octanol–water partition coefficient (Wildman–Crippen LogP) is 5.14. The zero-order chi connectivity index (χ0) is 20.9. The molecule has 0 unspecified atom stereocenters. The summed E-state index contributed by atoms with van der Waals surface area (Å²) in [7, 11) is 1.58. The van der Waals surface area contributed by atoms with Crippen LogP contribution in [0.15, 0.2) is 54.6 Å². The maximum Gasteiger partial charge on any atom is 0.257 e. The van der Waals surface area contributed by atoms with Crippen molar-refractivity contribution in [2.24, 2.45) is 0 Å². The van der Waals surface area contributed by atoms with Crippen molar-refractivity contribution in [3.05, 3.63) is 65.2 Å². The van der Waals surface area contributed by atoms with Gasteiger partial charge in [0.1, 0.15) is 5.01 Å². The average molecular weight is 419 g/mol. The van der Waals surface area contributed by atoms with Crippen molar-refractivity contribution in [1.29, 1.82) is 0 Å². The molecule has 4 aromatic rings. The van der Waals surface area contributed by atoms with Crippen molar-refractivity contribution in [3.8, 4) is 11.5 Å². The Labute approximate surface area is 179 Å². The Morgan fingerprint density at radius 2 is 1.97 bits per heavy atom. The molecule has 0 radical (unpaired) electrons. The highest BCUT2D eigenvalue weighted by molar-refractivity contribution is 7.19. The molecular formula is C24H22N2O3S. The molecule has 0 spiro atoms. The number of fused-ring (bicyclic) bond motifs is 3. The van der Waals surface area contributed by atoms with Crippen LogP contribution >= 0.6 is 11.3 Å². The number of methoxy groups -OCH3 is 1. The highest BCUT2D eigenvalue weighted by Gasteiger charge is 2.08. The molecule has 0 aliphatic heterocycles. The largest absolute Gasteiger partial charge is 0.493 e. The number of aromatic nitrogens is 1. The minimum atomic E-state index is -0.160. The van der Waals surface area contributed by atoms with Crippen LogP contribution in [0.25, 0.3) is 33.1 Å². The van der Waals surface area contributed by atoms with Gasteiger partial charge in [-0.15, -0.1) is 11.3 Å². The van der Waals surface area contributed by atoms with Crippen molar-refractivity contribution in [1.82, 2.24) is 10.3 Å². The molecule has 0 aliphatic carbocycles. The fraction of sp³-hybridized carbons (Fsp3) is 0.167. The van der Waals surface area contributed by atoms with E-state index in [2.05, 4.69) is 29.6 Å². The number of hydrogen-bond acceptors (Lipinski definition) is 5. The Balaban J connectivity index is 1.55. The van der Waals surface area contributed by atoms with E-state index in [1.807, 2.05) is 49.4 Å². The molecule has 0 fully saturated rings. The standard InChI is InChI=1S/C24H22N2O3S/c1-3-25-22(27)15-29-19-11-8-16(14-20(19)28-2)9-13-23-26-24-18-7-5-4-6-17(18)10-12-21(24)30-23/h4-14H,3,15H2,1-2H3,(H,25,27). The number of thiazole rings is 1. The van der Waals surface area contributed by atoms with Gasteiger partial charge in [0.25, 0.3) is 5.91 Å². The first-order chi connectivity index (χ1) is 14.7. The molecule has 0 saturated carbocycles. The number of nitrogens with zero attached hydrogens (tertiary/aromatic N) is 1. The van der Waals surface area contributed by atoms with Gasteiger partial charge in [0.2, 0.25) is 0 Å². The summed E-state index contributed by atoms with van der Waals surface area (Å²) in [5, 5.41) is 6.01. The van der Waals surface area contributed by atoms with E-state index in [1.165, 1.54) is 15.5 Å². The second kappa shape index (κ2) is 8.97. The van der Waals surface area contributed by atoms with Gasteiger partial charge in [0.15, 0.2) is 18.1 Å². The fourth-order valence-electron chi connectivity index (χ4n) is 3.22. The Bertz CT molecular complexity index is 1230. The number of carbonyl (C=O) groups excluding carboxylic acids is 1. The Morgan fingerprint density at radius 1 is 1.10 bits per heavy atom. The first kappa shape index (κ1) is 19.9. The third-order valence-electron chi connectivity index (χ3n) is 4.64. The number of likely N-dealkylation sites (N-methyl/N-ethyl adjacent to an activating group) is 1. The number of rotatable bonds is 7. The van der Waals surface area contributed by atoms with Gasteiger partial charge in [-0.25, -0.2) is 4.98 Å². The number of nitrogens with one attached hydrogen (secondary N) is 1. The minimum Gasteiger partial charge on any atom is -0.493 e. The van der Waals surface area contributed by atoms with Crippen LogP contribution in [-0.2, 0) is 4.79 Å². The van der Waals surface area contributed by atoms with Crippen molar-refractivity contribution in [3.63, 3.8) is 0 Å². The lowest BCUT2D eigenvalue weighted by molar-refractivity contribution is -0.123. The molecular weight excluding hydrogens is 396 g/mol. The number of benzene rings is 3. The quantitative estimate of drug-likeness (QED) is 0.451. The minimum absolute atomic E-state index is 0.0426. The molecule has 3 aromatic carbocycles. The molecule has 1 amide bonds. The SMILES string of the molecule is CCNC(=O)COc1ccc(C=Cc2nc3c(ccc4ccccc43)s2)cc1OC. The van der Waals surface area contributed by atoms with Gasteiger partial charge < -0.3 is 14.8 Å².